The van der Waals surface area contributed by atoms with Gasteiger partial charge in [0.2, 0.25) is 0 Å². The molecule has 10 heteroatoms. The van der Waals surface area contributed by atoms with E-state index in [-0.39, 0.29) is 6.04 Å². The van der Waals surface area contributed by atoms with Crippen molar-refractivity contribution in [2.45, 2.75) is 25.3 Å². The van der Waals surface area contributed by atoms with Crippen molar-refractivity contribution in [1.82, 2.24) is 9.80 Å². The normalized spacial score (nSPS) is 14.3. The van der Waals surface area contributed by atoms with E-state index >= 15 is 0 Å². The van der Waals surface area contributed by atoms with Gasteiger partial charge in [-0.2, -0.15) is 0 Å². The van der Waals surface area contributed by atoms with Crippen molar-refractivity contribution < 1.29 is 37.9 Å². The number of fused-ring (bicyclic) bond motifs is 4. The molecule has 1 aliphatic heterocycles. The Hall–Kier alpha value is -5.06. The molecule has 0 N–H and O–H groups in total. The fourth-order valence-corrected chi connectivity index (χ4v) is 7.32. The predicted molar refractivity (Wildman–Crippen MR) is 205 cm³/mol. The van der Waals surface area contributed by atoms with Gasteiger partial charge in [0.15, 0.2) is 46.0 Å². The summed E-state index contributed by atoms with van der Waals surface area (Å²) in [5, 5.41) is 4.02. The van der Waals surface area contributed by atoms with Gasteiger partial charge in [-0.25, -0.2) is 0 Å². The third kappa shape index (κ3) is 6.92. The number of likely N-dealkylation sites (N-methyl/N-ethyl adjacent to an activating group) is 2. The number of ether oxygens (including phenoxy) is 8. The van der Waals surface area contributed by atoms with E-state index in [0.717, 1.165) is 58.8 Å². The van der Waals surface area contributed by atoms with Crippen LogP contribution >= 0.6 is 0 Å². The largest absolute Gasteiger partial charge is 0.493 e. The molecule has 1 heterocycles. The summed E-state index contributed by atoms with van der Waals surface area (Å²) in [5.74, 6) is 5.80. The molecule has 10 nitrogen and oxygen atoms in total. The lowest BCUT2D eigenvalue weighted by molar-refractivity contribution is 0.226. The third-order valence-corrected chi connectivity index (χ3v) is 10.1. The minimum Gasteiger partial charge on any atom is -0.493 e. The Labute approximate surface area is 306 Å². The van der Waals surface area contributed by atoms with E-state index in [2.05, 4.69) is 61.3 Å². The molecule has 0 radical (unpaired) electrons. The molecule has 276 valence electrons. The number of rotatable bonds is 14. The molecule has 1 aliphatic rings. The quantitative estimate of drug-likeness (QED) is 0.107. The zero-order chi connectivity index (χ0) is 37.1. The van der Waals surface area contributed by atoms with E-state index in [4.69, 9.17) is 37.9 Å². The number of benzene rings is 5. The second kappa shape index (κ2) is 15.7. The van der Waals surface area contributed by atoms with Crippen LogP contribution in [0.1, 0.15) is 28.3 Å². The molecule has 0 fully saturated rings. The SMILES string of the molecule is COc1cc(C[C@H]2c3cc(OC)c(OC)cc3CCN2C)c(Oc2cc3ccc4c(CCN(C)C)cc(OC)c(OC)c4c3cc2OC)cc1OC. The average Bonchev–Trinajstić information content (AvgIpc) is 3.16. The second-order valence-corrected chi connectivity index (χ2v) is 13.3. The Morgan fingerprint density at radius 2 is 1.23 bits per heavy atom. The summed E-state index contributed by atoms with van der Waals surface area (Å²) in [5.41, 5.74) is 4.57. The third-order valence-electron chi connectivity index (χ3n) is 10.1. The molecule has 0 saturated carbocycles. The highest BCUT2D eigenvalue weighted by molar-refractivity contribution is 6.13. The lowest BCUT2D eigenvalue weighted by atomic mass is 9.88. The Morgan fingerprint density at radius 1 is 0.615 bits per heavy atom. The first-order valence-electron chi connectivity index (χ1n) is 17.4. The molecule has 1 atom stereocenters. The Bertz CT molecular complexity index is 2080. The Kier molecular flexibility index (Phi) is 11.1. The number of nitrogens with zero attached hydrogens (tertiary/aromatic N) is 2. The average molecular weight is 711 g/mol. The maximum atomic E-state index is 6.84. The fraction of sp³-hybridized carbons (Fsp3) is 0.381. The van der Waals surface area contributed by atoms with Crippen LogP contribution in [0, 0.1) is 0 Å². The maximum absolute atomic E-state index is 6.84. The highest BCUT2D eigenvalue weighted by Gasteiger charge is 2.29. The predicted octanol–water partition coefficient (Wildman–Crippen LogP) is 7.72. The van der Waals surface area contributed by atoms with Crippen molar-refractivity contribution in [2.75, 3.05) is 84.0 Å². The number of hydrogen-bond acceptors (Lipinski definition) is 10. The van der Waals surface area contributed by atoms with Gasteiger partial charge in [0.1, 0.15) is 5.75 Å². The van der Waals surface area contributed by atoms with Crippen molar-refractivity contribution in [2.24, 2.45) is 0 Å². The lowest BCUT2D eigenvalue weighted by Gasteiger charge is -2.35. The van der Waals surface area contributed by atoms with Crippen LogP contribution in [0.4, 0.5) is 0 Å². The number of methoxy groups -OCH3 is 7. The van der Waals surface area contributed by atoms with Gasteiger partial charge in [-0.15, -0.1) is 0 Å². The summed E-state index contributed by atoms with van der Waals surface area (Å²) in [7, 11) is 17.9. The van der Waals surface area contributed by atoms with E-state index in [1.165, 1.54) is 16.7 Å². The fourth-order valence-electron chi connectivity index (χ4n) is 7.32. The molecule has 0 saturated heterocycles. The van der Waals surface area contributed by atoms with Gasteiger partial charge in [-0.05, 0) is 110 Å². The van der Waals surface area contributed by atoms with Crippen molar-refractivity contribution in [1.29, 1.82) is 0 Å². The summed E-state index contributed by atoms with van der Waals surface area (Å²) in [6.07, 6.45) is 2.41. The first kappa shape index (κ1) is 36.7. The zero-order valence-electron chi connectivity index (χ0n) is 32.0. The minimum absolute atomic E-state index is 0.0398. The van der Waals surface area contributed by atoms with Gasteiger partial charge >= 0.3 is 0 Å². The van der Waals surface area contributed by atoms with Crippen LogP contribution in [0.15, 0.2) is 54.6 Å². The van der Waals surface area contributed by atoms with Crippen LogP contribution in [0.3, 0.4) is 0 Å². The monoisotopic (exact) mass is 710 g/mol. The van der Waals surface area contributed by atoms with E-state index in [1.54, 1.807) is 49.8 Å². The van der Waals surface area contributed by atoms with Crippen molar-refractivity contribution in [3.05, 3.63) is 76.9 Å². The number of hydrogen-bond donors (Lipinski definition) is 0. The molecule has 0 aromatic heterocycles. The van der Waals surface area contributed by atoms with Crippen molar-refractivity contribution in [3.8, 4) is 51.7 Å². The molecule has 5 aromatic rings. The zero-order valence-corrected chi connectivity index (χ0v) is 32.0. The van der Waals surface area contributed by atoms with Crippen molar-refractivity contribution in [3.63, 3.8) is 0 Å². The van der Waals surface area contributed by atoms with E-state index in [1.807, 2.05) is 24.3 Å². The first-order chi connectivity index (χ1) is 25.2. The van der Waals surface area contributed by atoms with Gasteiger partial charge in [0.25, 0.3) is 0 Å². The van der Waals surface area contributed by atoms with Gasteiger partial charge in [-0.1, -0.05) is 12.1 Å². The van der Waals surface area contributed by atoms with Crippen LogP contribution in [0.2, 0.25) is 0 Å². The standard InChI is InChI=1S/C42H50N2O8/c1-43(2)15-13-26-20-40(50-9)42(51-10)41-29(26)12-11-25-19-39(37(48-7)23-31(25)41)52-33-24-38(49-8)35(46-5)21-28(33)17-32-30-22-36(47-6)34(45-4)18-27(30)14-16-44(32)3/h11-12,18-24,32H,13-17H2,1-10H3/t32-/m0/s1. The summed E-state index contributed by atoms with van der Waals surface area (Å²) in [6, 6.07) is 18.5. The molecule has 0 unspecified atom stereocenters. The molecule has 5 aromatic carbocycles. The van der Waals surface area contributed by atoms with Crippen LogP contribution in [-0.4, -0.2) is 93.8 Å². The maximum Gasteiger partial charge on any atom is 0.169 e. The summed E-state index contributed by atoms with van der Waals surface area (Å²) >= 11 is 0. The van der Waals surface area contributed by atoms with Crippen LogP contribution in [-0.2, 0) is 19.3 Å². The van der Waals surface area contributed by atoms with E-state index in [9.17, 15) is 0 Å². The van der Waals surface area contributed by atoms with Gasteiger partial charge < -0.3 is 42.8 Å². The van der Waals surface area contributed by atoms with Gasteiger partial charge in [0, 0.05) is 36.1 Å². The summed E-state index contributed by atoms with van der Waals surface area (Å²) in [6.45, 7) is 1.80. The van der Waals surface area contributed by atoms with E-state index < -0.39 is 0 Å². The van der Waals surface area contributed by atoms with Gasteiger partial charge in [0.05, 0.1) is 49.8 Å². The van der Waals surface area contributed by atoms with Crippen LogP contribution in [0.5, 0.6) is 51.7 Å². The first-order valence-corrected chi connectivity index (χ1v) is 17.4. The molecule has 0 amide bonds. The van der Waals surface area contributed by atoms with Crippen LogP contribution < -0.4 is 37.9 Å². The van der Waals surface area contributed by atoms with Crippen molar-refractivity contribution >= 4 is 21.5 Å². The highest BCUT2D eigenvalue weighted by Crippen LogP contribution is 2.47. The summed E-state index contributed by atoms with van der Waals surface area (Å²) < 4.78 is 47.6. The summed E-state index contributed by atoms with van der Waals surface area (Å²) in [4.78, 5) is 4.54. The van der Waals surface area contributed by atoms with E-state index in [0.29, 0.717) is 52.4 Å². The lowest BCUT2D eigenvalue weighted by Crippen LogP contribution is -2.33. The molecular weight excluding hydrogens is 660 g/mol. The second-order valence-electron chi connectivity index (χ2n) is 13.3. The molecule has 6 rings (SSSR count). The minimum atomic E-state index is 0.0398. The van der Waals surface area contributed by atoms with Gasteiger partial charge in [-0.3, -0.25) is 4.90 Å². The Morgan fingerprint density at radius 3 is 1.88 bits per heavy atom. The Balaban J connectivity index is 1.48. The highest BCUT2D eigenvalue weighted by atomic mass is 16.5. The smallest absolute Gasteiger partial charge is 0.169 e. The molecule has 0 aliphatic carbocycles. The molecule has 0 bridgehead atoms. The molecule has 0 spiro atoms. The topological polar surface area (TPSA) is 80.3 Å². The molecular formula is C42H50N2O8. The molecule has 52 heavy (non-hydrogen) atoms. The van der Waals surface area contributed by atoms with Crippen LogP contribution in [0.25, 0.3) is 21.5 Å².